The molecule has 0 radical (unpaired) electrons. The van der Waals surface area contributed by atoms with Crippen molar-refractivity contribution in [2.75, 3.05) is 13.1 Å². The average Bonchev–Trinajstić information content (AvgIpc) is 2.66. The van der Waals surface area contributed by atoms with Crippen molar-refractivity contribution in [3.8, 4) is 0 Å². The number of aromatic nitrogens is 2. The highest BCUT2D eigenvalue weighted by atomic mass is 15.3. The maximum absolute atomic E-state index is 4.33. The highest BCUT2D eigenvalue weighted by Gasteiger charge is 2.00. The SMILES string of the molecule is CCNCCCCc1cnn(C(C)C)c1. The van der Waals surface area contributed by atoms with Gasteiger partial charge in [-0.3, -0.25) is 4.68 Å². The lowest BCUT2D eigenvalue weighted by Gasteiger charge is -2.03. The molecule has 0 bridgehead atoms. The number of nitrogens with one attached hydrogen (secondary N) is 1. The number of nitrogens with zero attached hydrogens (tertiary/aromatic N) is 2. The first kappa shape index (κ1) is 12.2. The Morgan fingerprint density at radius 3 is 2.80 bits per heavy atom. The molecule has 0 aliphatic heterocycles. The lowest BCUT2D eigenvalue weighted by Crippen LogP contribution is -2.13. The van der Waals surface area contributed by atoms with Crippen molar-refractivity contribution < 1.29 is 0 Å². The summed E-state index contributed by atoms with van der Waals surface area (Å²) in [6.07, 6.45) is 7.81. The highest BCUT2D eigenvalue weighted by molar-refractivity contribution is 5.04. The Labute approximate surface area is 92.9 Å². The molecule has 0 atom stereocenters. The molecule has 3 nitrogen and oxygen atoms in total. The van der Waals surface area contributed by atoms with Gasteiger partial charge in [0.1, 0.15) is 0 Å². The van der Waals surface area contributed by atoms with E-state index in [1.54, 1.807) is 0 Å². The number of rotatable bonds is 7. The minimum Gasteiger partial charge on any atom is -0.317 e. The molecule has 0 aromatic carbocycles. The Balaban J connectivity index is 2.20. The maximum atomic E-state index is 4.33. The molecule has 3 heteroatoms. The van der Waals surface area contributed by atoms with Crippen LogP contribution in [0, 0.1) is 0 Å². The zero-order valence-electron chi connectivity index (χ0n) is 10.2. The fourth-order valence-electron chi connectivity index (χ4n) is 1.54. The molecule has 0 aliphatic carbocycles. The fraction of sp³-hybridized carbons (Fsp3) is 0.750. The standard InChI is InChI=1S/C12H23N3/c1-4-13-8-6-5-7-12-9-14-15(10-12)11(2)3/h9-11,13H,4-8H2,1-3H3. The molecule has 1 rings (SSSR count). The van der Waals surface area contributed by atoms with Gasteiger partial charge in [-0.25, -0.2) is 0 Å². The van der Waals surface area contributed by atoms with Crippen molar-refractivity contribution >= 4 is 0 Å². The van der Waals surface area contributed by atoms with Gasteiger partial charge in [-0.05, 0) is 51.8 Å². The molecule has 15 heavy (non-hydrogen) atoms. The van der Waals surface area contributed by atoms with Crippen molar-refractivity contribution in [1.82, 2.24) is 15.1 Å². The van der Waals surface area contributed by atoms with Gasteiger partial charge in [0.15, 0.2) is 0 Å². The van der Waals surface area contributed by atoms with Crippen molar-refractivity contribution in [2.45, 2.75) is 46.1 Å². The Bertz CT molecular complexity index is 266. The van der Waals surface area contributed by atoms with E-state index < -0.39 is 0 Å². The minimum absolute atomic E-state index is 0.473. The first-order valence-electron chi connectivity index (χ1n) is 5.97. The zero-order valence-corrected chi connectivity index (χ0v) is 10.2. The zero-order chi connectivity index (χ0) is 11.1. The molecular formula is C12H23N3. The molecule has 1 N–H and O–H groups in total. The Morgan fingerprint density at radius 2 is 2.20 bits per heavy atom. The van der Waals surface area contributed by atoms with Crippen LogP contribution in [0.1, 0.15) is 45.2 Å². The summed E-state index contributed by atoms with van der Waals surface area (Å²) in [6.45, 7) is 8.66. The van der Waals surface area contributed by atoms with Gasteiger partial charge in [0.2, 0.25) is 0 Å². The van der Waals surface area contributed by atoms with E-state index in [4.69, 9.17) is 0 Å². The van der Waals surface area contributed by atoms with Crippen molar-refractivity contribution in [3.05, 3.63) is 18.0 Å². The van der Waals surface area contributed by atoms with E-state index in [0.717, 1.165) is 19.5 Å². The number of hydrogen-bond donors (Lipinski definition) is 1. The van der Waals surface area contributed by atoms with Gasteiger partial charge in [0.25, 0.3) is 0 Å². The molecule has 1 aromatic heterocycles. The number of hydrogen-bond acceptors (Lipinski definition) is 2. The van der Waals surface area contributed by atoms with Gasteiger partial charge in [-0.15, -0.1) is 0 Å². The maximum Gasteiger partial charge on any atom is 0.0521 e. The molecular weight excluding hydrogens is 186 g/mol. The van der Waals surface area contributed by atoms with Crippen LogP contribution < -0.4 is 5.32 Å². The van der Waals surface area contributed by atoms with Crippen LogP contribution in [-0.2, 0) is 6.42 Å². The summed E-state index contributed by atoms with van der Waals surface area (Å²) in [7, 11) is 0. The van der Waals surface area contributed by atoms with Crippen LogP contribution in [-0.4, -0.2) is 22.9 Å². The van der Waals surface area contributed by atoms with Gasteiger partial charge < -0.3 is 5.32 Å². The van der Waals surface area contributed by atoms with E-state index in [1.165, 1.54) is 18.4 Å². The van der Waals surface area contributed by atoms with E-state index in [9.17, 15) is 0 Å². The van der Waals surface area contributed by atoms with Gasteiger partial charge in [-0.1, -0.05) is 6.92 Å². The second kappa shape index (κ2) is 6.62. The smallest absolute Gasteiger partial charge is 0.0521 e. The lowest BCUT2D eigenvalue weighted by atomic mass is 10.1. The molecule has 0 unspecified atom stereocenters. The largest absolute Gasteiger partial charge is 0.317 e. The summed E-state index contributed by atoms with van der Waals surface area (Å²) in [6, 6.07) is 0.473. The predicted molar refractivity (Wildman–Crippen MR) is 64.1 cm³/mol. The molecule has 1 aromatic rings. The van der Waals surface area contributed by atoms with Crippen LogP contribution in [0.2, 0.25) is 0 Å². The molecule has 0 aliphatic rings. The van der Waals surface area contributed by atoms with Gasteiger partial charge >= 0.3 is 0 Å². The molecule has 0 saturated heterocycles. The molecule has 0 spiro atoms. The van der Waals surface area contributed by atoms with Crippen LogP contribution in [0.3, 0.4) is 0 Å². The summed E-state index contributed by atoms with van der Waals surface area (Å²) in [5, 5.41) is 7.67. The monoisotopic (exact) mass is 209 g/mol. The highest BCUT2D eigenvalue weighted by Crippen LogP contribution is 2.07. The van der Waals surface area contributed by atoms with Gasteiger partial charge in [0.05, 0.1) is 6.20 Å². The minimum atomic E-state index is 0.473. The average molecular weight is 209 g/mol. The molecule has 0 amide bonds. The Kier molecular flexibility index (Phi) is 5.40. The third kappa shape index (κ3) is 4.47. The van der Waals surface area contributed by atoms with Crippen LogP contribution in [0.5, 0.6) is 0 Å². The van der Waals surface area contributed by atoms with E-state index in [2.05, 4.69) is 37.4 Å². The molecule has 1 heterocycles. The van der Waals surface area contributed by atoms with Crippen LogP contribution in [0.15, 0.2) is 12.4 Å². The fourth-order valence-corrected chi connectivity index (χ4v) is 1.54. The Morgan fingerprint density at radius 1 is 1.40 bits per heavy atom. The summed E-state index contributed by atoms with van der Waals surface area (Å²) in [5.41, 5.74) is 1.36. The van der Waals surface area contributed by atoms with Crippen molar-refractivity contribution in [1.29, 1.82) is 0 Å². The third-order valence-electron chi connectivity index (χ3n) is 2.50. The molecule has 86 valence electrons. The summed E-state index contributed by atoms with van der Waals surface area (Å²) < 4.78 is 2.03. The second-order valence-electron chi connectivity index (χ2n) is 4.23. The van der Waals surface area contributed by atoms with Crippen molar-refractivity contribution in [2.24, 2.45) is 0 Å². The number of unbranched alkanes of at least 4 members (excludes halogenated alkanes) is 1. The first-order valence-corrected chi connectivity index (χ1v) is 5.97. The quantitative estimate of drug-likeness (QED) is 0.699. The Hall–Kier alpha value is -0.830. The summed E-state index contributed by atoms with van der Waals surface area (Å²) in [4.78, 5) is 0. The second-order valence-corrected chi connectivity index (χ2v) is 4.23. The topological polar surface area (TPSA) is 29.9 Å². The number of aryl methyl sites for hydroxylation is 1. The van der Waals surface area contributed by atoms with Crippen LogP contribution in [0.4, 0.5) is 0 Å². The van der Waals surface area contributed by atoms with Gasteiger partial charge in [0, 0.05) is 12.2 Å². The third-order valence-corrected chi connectivity index (χ3v) is 2.50. The summed E-state index contributed by atoms with van der Waals surface area (Å²) >= 11 is 0. The van der Waals surface area contributed by atoms with Crippen LogP contribution >= 0.6 is 0 Å². The van der Waals surface area contributed by atoms with E-state index in [0.29, 0.717) is 6.04 Å². The van der Waals surface area contributed by atoms with E-state index in [1.807, 2.05) is 10.9 Å². The van der Waals surface area contributed by atoms with E-state index in [-0.39, 0.29) is 0 Å². The summed E-state index contributed by atoms with van der Waals surface area (Å²) in [5.74, 6) is 0. The molecule has 0 fully saturated rings. The lowest BCUT2D eigenvalue weighted by molar-refractivity contribution is 0.532. The normalized spacial score (nSPS) is 11.2. The van der Waals surface area contributed by atoms with E-state index >= 15 is 0 Å². The molecule has 0 saturated carbocycles. The first-order chi connectivity index (χ1) is 7.24. The van der Waals surface area contributed by atoms with Gasteiger partial charge in [-0.2, -0.15) is 5.10 Å². The van der Waals surface area contributed by atoms with Crippen molar-refractivity contribution in [3.63, 3.8) is 0 Å². The van der Waals surface area contributed by atoms with Crippen LogP contribution in [0.25, 0.3) is 0 Å². The predicted octanol–water partition coefficient (Wildman–Crippen LogP) is 2.40.